The molecule has 1 nitrogen and oxygen atoms in total. The second kappa shape index (κ2) is 5.40. The first-order chi connectivity index (χ1) is 9.22. The summed E-state index contributed by atoms with van der Waals surface area (Å²) in [6.45, 7) is 4.43. The molecule has 0 heterocycles. The van der Waals surface area contributed by atoms with Crippen LogP contribution >= 0.6 is 0 Å². The molecule has 112 valence electrons. The summed E-state index contributed by atoms with van der Waals surface area (Å²) in [7, 11) is 0. The average Bonchev–Trinajstić information content (AvgIpc) is 2.38. The molecule has 1 fully saturated rings. The third-order valence-corrected chi connectivity index (χ3v) is 4.65. The highest BCUT2D eigenvalue weighted by molar-refractivity contribution is 5.30. The third kappa shape index (κ3) is 3.17. The van der Waals surface area contributed by atoms with Gasteiger partial charge in [-0.25, -0.2) is 0 Å². The van der Waals surface area contributed by atoms with Crippen LogP contribution in [0, 0.1) is 11.8 Å². The van der Waals surface area contributed by atoms with Gasteiger partial charge < -0.3 is 5.73 Å². The summed E-state index contributed by atoms with van der Waals surface area (Å²) < 4.78 is 37.7. The van der Waals surface area contributed by atoms with Gasteiger partial charge in [0, 0.05) is 5.54 Å². The molecule has 1 aromatic rings. The van der Waals surface area contributed by atoms with Gasteiger partial charge in [-0.1, -0.05) is 26.0 Å². The van der Waals surface area contributed by atoms with Gasteiger partial charge in [-0.05, 0) is 55.2 Å². The molecule has 0 aliphatic heterocycles. The summed E-state index contributed by atoms with van der Waals surface area (Å²) in [4.78, 5) is 0. The van der Waals surface area contributed by atoms with E-state index in [1.165, 1.54) is 0 Å². The fourth-order valence-electron chi connectivity index (χ4n) is 3.10. The molecule has 0 amide bonds. The number of alkyl halides is 3. The first kappa shape index (κ1) is 15.4. The maximum atomic E-state index is 12.6. The van der Waals surface area contributed by atoms with Crippen molar-refractivity contribution in [2.24, 2.45) is 17.6 Å². The van der Waals surface area contributed by atoms with E-state index in [1.54, 1.807) is 12.1 Å². The Kier molecular flexibility index (Phi) is 4.14. The Hall–Kier alpha value is -1.03. The molecule has 0 aromatic heterocycles. The van der Waals surface area contributed by atoms with Crippen molar-refractivity contribution in [2.75, 3.05) is 0 Å². The molecule has 0 spiro atoms. The maximum Gasteiger partial charge on any atom is 0.416 e. The van der Waals surface area contributed by atoms with E-state index in [-0.39, 0.29) is 0 Å². The second-order valence-electron chi connectivity index (χ2n) is 6.31. The Morgan fingerprint density at radius 1 is 1.10 bits per heavy atom. The lowest BCUT2D eigenvalue weighted by Crippen LogP contribution is -2.41. The van der Waals surface area contributed by atoms with Crippen LogP contribution in [0.3, 0.4) is 0 Å². The maximum absolute atomic E-state index is 12.6. The van der Waals surface area contributed by atoms with Crippen molar-refractivity contribution in [1.82, 2.24) is 0 Å². The van der Waals surface area contributed by atoms with Gasteiger partial charge in [0.25, 0.3) is 0 Å². The third-order valence-electron chi connectivity index (χ3n) is 4.65. The minimum atomic E-state index is -4.28. The topological polar surface area (TPSA) is 26.0 Å². The minimum absolute atomic E-state index is 0.463. The number of nitrogens with two attached hydrogens (primary N) is 1. The molecule has 2 N–H and O–H groups in total. The van der Waals surface area contributed by atoms with Gasteiger partial charge in [0.2, 0.25) is 0 Å². The standard InChI is InChI=1S/C16H22F3N/c1-11(2)12-7-9-15(20,10-8-12)13-3-5-14(6-4-13)16(17,18)19/h3-6,11-12H,7-10,20H2,1-2H3. The highest BCUT2D eigenvalue weighted by Crippen LogP contribution is 2.40. The molecule has 20 heavy (non-hydrogen) atoms. The highest BCUT2D eigenvalue weighted by Gasteiger charge is 2.35. The first-order valence-corrected chi connectivity index (χ1v) is 7.19. The Balaban J connectivity index is 2.12. The van der Waals surface area contributed by atoms with E-state index in [2.05, 4.69) is 13.8 Å². The van der Waals surface area contributed by atoms with Gasteiger partial charge in [0.15, 0.2) is 0 Å². The molecule has 2 rings (SSSR count). The molecule has 1 aromatic carbocycles. The number of benzene rings is 1. The van der Waals surface area contributed by atoms with Crippen molar-refractivity contribution in [2.45, 2.75) is 51.2 Å². The van der Waals surface area contributed by atoms with Crippen molar-refractivity contribution in [3.8, 4) is 0 Å². The van der Waals surface area contributed by atoms with Crippen LogP contribution in [0.5, 0.6) is 0 Å². The SMILES string of the molecule is CC(C)C1CCC(N)(c2ccc(C(F)(F)F)cc2)CC1. The Bertz CT molecular complexity index is 440. The smallest absolute Gasteiger partial charge is 0.321 e. The Morgan fingerprint density at radius 3 is 2.00 bits per heavy atom. The predicted octanol–water partition coefficient (Wildman–Crippen LogP) is 4.71. The van der Waals surface area contributed by atoms with Crippen LogP contribution in [-0.4, -0.2) is 0 Å². The molecular formula is C16H22F3N. The number of rotatable bonds is 2. The van der Waals surface area contributed by atoms with E-state index in [4.69, 9.17) is 5.73 Å². The number of hydrogen-bond donors (Lipinski definition) is 1. The van der Waals surface area contributed by atoms with Gasteiger partial charge in [-0.15, -0.1) is 0 Å². The summed E-state index contributed by atoms with van der Waals surface area (Å²) in [6, 6.07) is 5.36. The van der Waals surface area contributed by atoms with E-state index in [9.17, 15) is 13.2 Å². The van der Waals surface area contributed by atoms with E-state index in [0.717, 1.165) is 43.4 Å². The van der Waals surface area contributed by atoms with Crippen molar-refractivity contribution < 1.29 is 13.2 Å². The largest absolute Gasteiger partial charge is 0.416 e. The van der Waals surface area contributed by atoms with Gasteiger partial charge in [-0.2, -0.15) is 13.2 Å². The fraction of sp³-hybridized carbons (Fsp3) is 0.625. The lowest BCUT2D eigenvalue weighted by Gasteiger charge is -2.39. The summed E-state index contributed by atoms with van der Waals surface area (Å²) in [5.41, 5.74) is 6.17. The van der Waals surface area contributed by atoms with E-state index < -0.39 is 17.3 Å². The van der Waals surface area contributed by atoms with Crippen molar-refractivity contribution >= 4 is 0 Å². The monoisotopic (exact) mass is 285 g/mol. The van der Waals surface area contributed by atoms with Crippen LogP contribution in [0.1, 0.15) is 50.7 Å². The van der Waals surface area contributed by atoms with Crippen molar-refractivity contribution in [1.29, 1.82) is 0 Å². The summed E-state index contributed by atoms with van der Waals surface area (Å²) in [5.74, 6) is 1.33. The quantitative estimate of drug-likeness (QED) is 0.837. The lowest BCUT2D eigenvalue weighted by molar-refractivity contribution is -0.137. The lowest BCUT2D eigenvalue weighted by atomic mass is 9.70. The van der Waals surface area contributed by atoms with Gasteiger partial charge in [0.05, 0.1) is 5.56 Å². The van der Waals surface area contributed by atoms with E-state index >= 15 is 0 Å². The molecule has 0 atom stereocenters. The molecule has 1 aliphatic carbocycles. The highest BCUT2D eigenvalue weighted by atomic mass is 19.4. The van der Waals surface area contributed by atoms with Crippen molar-refractivity contribution in [3.05, 3.63) is 35.4 Å². The summed E-state index contributed by atoms with van der Waals surface area (Å²) in [6.07, 6.45) is -0.484. The molecule has 0 radical (unpaired) electrons. The number of halogens is 3. The average molecular weight is 285 g/mol. The van der Waals surface area contributed by atoms with Gasteiger partial charge >= 0.3 is 6.18 Å². The zero-order chi connectivity index (χ0) is 15.0. The summed E-state index contributed by atoms with van der Waals surface area (Å²) >= 11 is 0. The van der Waals surface area contributed by atoms with Crippen molar-refractivity contribution in [3.63, 3.8) is 0 Å². The summed E-state index contributed by atoms with van der Waals surface area (Å²) in [5, 5.41) is 0. The molecule has 0 saturated heterocycles. The Morgan fingerprint density at radius 2 is 1.60 bits per heavy atom. The minimum Gasteiger partial charge on any atom is -0.321 e. The van der Waals surface area contributed by atoms with Crippen LogP contribution in [0.25, 0.3) is 0 Å². The predicted molar refractivity (Wildman–Crippen MR) is 74.1 cm³/mol. The van der Waals surface area contributed by atoms with Crippen LogP contribution < -0.4 is 5.73 Å². The second-order valence-corrected chi connectivity index (χ2v) is 6.31. The van der Waals surface area contributed by atoms with E-state index in [1.807, 2.05) is 0 Å². The van der Waals surface area contributed by atoms with Crippen LogP contribution in [0.15, 0.2) is 24.3 Å². The molecular weight excluding hydrogens is 263 g/mol. The van der Waals surface area contributed by atoms with E-state index in [0.29, 0.717) is 11.8 Å². The molecule has 4 heteroatoms. The number of hydrogen-bond acceptors (Lipinski definition) is 1. The fourth-order valence-corrected chi connectivity index (χ4v) is 3.10. The molecule has 0 unspecified atom stereocenters. The van der Waals surface area contributed by atoms with Gasteiger partial charge in [-0.3, -0.25) is 0 Å². The van der Waals surface area contributed by atoms with Gasteiger partial charge in [0.1, 0.15) is 0 Å². The normalized spacial score (nSPS) is 27.9. The van der Waals surface area contributed by atoms with Crippen LogP contribution in [0.2, 0.25) is 0 Å². The first-order valence-electron chi connectivity index (χ1n) is 7.19. The Labute approximate surface area is 118 Å². The molecule has 1 saturated carbocycles. The van der Waals surface area contributed by atoms with Crippen LogP contribution in [-0.2, 0) is 11.7 Å². The zero-order valence-corrected chi connectivity index (χ0v) is 12.0. The van der Waals surface area contributed by atoms with Crippen LogP contribution in [0.4, 0.5) is 13.2 Å². The molecule has 0 bridgehead atoms. The zero-order valence-electron chi connectivity index (χ0n) is 12.0. The molecule has 1 aliphatic rings.